The Balaban J connectivity index is 1.72. The number of amides is 3. The summed E-state index contributed by atoms with van der Waals surface area (Å²) in [5.74, 6) is 0.440. The first-order chi connectivity index (χ1) is 15.5. The van der Waals surface area contributed by atoms with Crippen LogP contribution in [0.4, 0.5) is 10.5 Å². The lowest BCUT2D eigenvalue weighted by Crippen LogP contribution is -2.36. The molecule has 0 saturated carbocycles. The van der Waals surface area contributed by atoms with Crippen molar-refractivity contribution in [3.63, 3.8) is 0 Å². The molecule has 0 unspecified atom stereocenters. The molecule has 2 aromatic rings. The van der Waals surface area contributed by atoms with Crippen LogP contribution in [0.5, 0.6) is 17.2 Å². The van der Waals surface area contributed by atoms with Gasteiger partial charge in [-0.05, 0) is 47.7 Å². The van der Waals surface area contributed by atoms with Gasteiger partial charge in [-0.15, -0.1) is 0 Å². The quantitative estimate of drug-likeness (QED) is 0.453. The van der Waals surface area contributed by atoms with E-state index in [1.807, 2.05) is 0 Å². The van der Waals surface area contributed by atoms with Gasteiger partial charge in [0.05, 0.1) is 24.8 Å². The summed E-state index contributed by atoms with van der Waals surface area (Å²) in [6.07, 6.45) is 3.19. The number of hydrogen-bond acceptors (Lipinski definition) is 7. The van der Waals surface area contributed by atoms with Crippen molar-refractivity contribution in [3.05, 3.63) is 65.6 Å². The van der Waals surface area contributed by atoms with Gasteiger partial charge in [0.1, 0.15) is 18.9 Å². The summed E-state index contributed by atoms with van der Waals surface area (Å²) >= 11 is 0.773. The molecule has 1 aliphatic rings. The van der Waals surface area contributed by atoms with E-state index in [-0.39, 0.29) is 4.91 Å². The average molecular weight is 455 g/mol. The minimum absolute atomic E-state index is 0.210. The van der Waals surface area contributed by atoms with Gasteiger partial charge in [-0.2, -0.15) is 0 Å². The van der Waals surface area contributed by atoms with Crippen LogP contribution in [0.25, 0.3) is 6.08 Å². The summed E-state index contributed by atoms with van der Waals surface area (Å²) in [4.78, 5) is 38.6. The van der Waals surface area contributed by atoms with Crippen LogP contribution in [0, 0.1) is 0 Å². The van der Waals surface area contributed by atoms with Gasteiger partial charge in [-0.3, -0.25) is 19.3 Å². The number of methoxy groups -OCH3 is 2. The van der Waals surface area contributed by atoms with Crippen molar-refractivity contribution in [2.45, 2.75) is 0 Å². The monoisotopic (exact) mass is 454 g/mol. The largest absolute Gasteiger partial charge is 0.495 e. The molecule has 2 aromatic carbocycles. The number of carbonyl (C=O) groups excluding carboxylic acids is 3. The smallest absolute Gasteiger partial charge is 0.294 e. The third kappa shape index (κ3) is 5.30. The summed E-state index contributed by atoms with van der Waals surface area (Å²) < 4.78 is 16.0. The second-order valence-electron chi connectivity index (χ2n) is 6.53. The number of anilines is 1. The molecule has 166 valence electrons. The van der Waals surface area contributed by atoms with Gasteiger partial charge in [0.2, 0.25) is 5.91 Å². The van der Waals surface area contributed by atoms with Crippen molar-refractivity contribution in [1.82, 2.24) is 4.90 Å². The first-order valence-electron chi connectivity index (χ1n) is 9.56. The molecule has 9 heteroatoms. The molecular formula is C23H22N2O6S. The number of imide groups is 1. The molecule has 1 N–H and O–H groups in total. The fourth-order valence-corrected chi connectivity index (χ4v) is 3.75. The molecule has 0 bridgehead atoms. The summed E-state index contributed by atoms with van der Waals surface area (Å²) in [6.45, 7) is 3.53. The number of rotatable bonds is 9. The van der Waals surface area contributed by atoms with E-state index in [0.717, 1.165) is 16.7 Å². The van der Waals surface area contributed by atoms with Crippen LogP contribution in [-0.2, 0) is 9.59 Å². The summed E-state index contributed by atoms with van der Waals surface area (Å²) in [5.41, 5.74) is 1.10. The van der Waals surface area contributed by atoms with Gasteiger partial charge in [-0.1, -0.05) is 30.9 Å². The molecule has 8 nitrogen and oxygen atoms in total. The van der Waals surface area contributed by atoms with E-state index >= 15 is 0 Å². The maximum Gasteiger partial charge on any atom is 0.294 e. The van der Waals surface area contributed by atoms with Crippen LogP contribution < -0.4 is 19.5 Å². The Morgan fingerprint density at radius 2 is 1.84 bits per heavy atom. The highest BCUT2D eigenvalue weighted by molar-refractivity contribution is 8.18. The number of benzene rings is 2. The van der Waals surface area contributed by atoms with Crippen molar-refractivity contribution in [3.8, 4) is 17.2 Å². The fraction of sp³-hybridized carbons (Fsp3) is 0.174. The molecule has 1 saturated heterocycles. The number of para-hydroxylation sites is 2. The molecule has 3 amide bonds. The third-order valence-electron chi connectivity index (χ3n) is 4.40. The van der Waals surface area contributed by atoms with Gasteiger partial charge in [0.25, 0.3) is 11.1 Å². The molecule has 32 heavy (non-hydrogen) atoms. The Morgan fingerprint density at radius 1 is 1.09 bits per heavy atom. The Bertz CT molecular complexity index is 1080. The molecular weight excluding hydrogens is 432 g/mol. The topological polar surface area (TPSA) is 94.2 Å². The number of nitrogens with one attached hydrogen (secondary N) is 1. The van der Waals surface area contributed by atoms with E-state index < -0.39 is 23.6 Å². The highest BCUT2D eigenvalue weighted by atomic mass is 32.2. The zero-order chi connectivity index (χ0) is 23.1. The summed E-state index contributed by atoms with van der Waals surface area (Å²) in [6, 6.07) is 12.0. The van der Waals surface area contributed by atoms with Crippen molar-refractivity contribution in [1.29, 1.82) is 0 Å². The Kier molecular flexibility index (Phi) is 7.56. The van der Waals surface area contributed by atoms with Gasteiger partial charge in [0.15, 0.2) is 11.5 Å². The summed E-state index contributed by atoms with van der Waals surface area (Å²) in [7, 11) is 2.99. The minimum Gasteiger partial charge on any atom is -0.495 e. The van der Waals surface area contributed by atoms with Gasteiger partial charge < -0.3 is 19.5 Å². The van der Waals surface area contributed by atoms with E-state index in [1.165, 1.54) is 14.2 Å². The first-order valence-corrected chi connectivity index (χ1v) is 10.4. The van der Waals surface area contributed by atoms with Crippen LogP contribution in [0.15, 0.2) is 60.0 Å². The second kappa shape index (κ2) is 10.5. The molecule has 0 aromatic heterocycles. The Labute approximate surface area is 189 Å². The predicted molar refractivity (Wildman–Crippen MR) is 123 cm³/mol. The minimum atomic E-state index is -0.541. The van der Waals surface area contributed by atoms with Gasteiger partial charge in [0, 0.05) is 0 Å². The molecule has 0 atom stereocenters. The van der Waals surface area contributed by atoms with Crippen LogP contribution in [0.1, 0.15) is 5.56 Å². The number of nitrogens with zero attached hydrogens (tertiary/aromatic N) is 1. The second-order valence-corrected chi connectivity index (χ2v) is 7.52. The lowest BCUT2D eigenvalue weighted by atomic mass is 10.2. The van der Waals surface area contributed by atoms with Gasteiger partial charge >= 0.3 is 0 Å². The molecule has 1 heterocycles. The van der Waals surface area contributed by atoms with Crippen molar-refractivity contribution in [2.24, 2.45) is 0 Å². The highest BCUT2D eigenvalue weighted by Gasteiger charge is 2.36. The first kappa shape index (κ1) is 23.0. The summed E-state index contributed by atoms with van der Waals surface area (Å²) in [5, 5.41) is 2.14. The number of thioether (sulfide) groups is 1. The molecule has 0 spiro atoms. The van der Waals surface area contributed by atoms with Crippen LogP contribution in [0.2, 0.25) is 0 Å². The van der Waals surface area contributed by atoms with E-state index in [9.17, 15) is 14.4 Å². The Hall–Kier alpha value is -3.72. The molecule has 1 aliphatic heterocycles. The van der Waals surface area contributed by atoms with Crippen LogP contribution in [-0.4, -0.2) is 49.3 Å². The zero-order valence-corrected chi connectivity index (χ0v) is 18.4. The average Bonchev–Trinajstić information content (AvgIpc) is 3.05. The maximum atomic E-state index is 12.7. The van der Waals surface area contributed by atoms with E-state index in [4.69, 9.17) is 14.2 Å². The lowest BCUT2D eigenvalue weighted by molar-refractivity contribution is -0.127. The molecule has 0 aliphatic carbocycles. The zero-order valence-electron chi connectivity index (χ0n) is 17.6. The van der Waals surface area contributed by atoms with Crippen LogP contribution >= 0.6 is 11.8 Å². The number of carbonyl (C=O) groups is 3. The van der Waals surface area contributed by atoms with Crippen molar-refractivity contribution >= 4 is 40.6 Å². The number of hydrogen-bond donors (Lipinski definition) is 1. The van der Waals surface area contributed by atoms with Gasteiger partial charge in [-0.25, -0.2) is 0 Å². The van der Waals surface area contributed by atoms with E-state index in [1.54, 1.807) is 54.6 Å². The van der Waals surface area contributed by atoms with Crippen molar-refractivity contribution in [2.75, 3.05) is 32.7 Å². The molecule has 3 rings (SSSR count). The van der Waals surface area contributed by atoms with E-state index in [0.29, 0.717) is 35.1 Å². The Morgan fingerprint density at radius 3 is 2.56 bits per heavy atom. The number of ether oxygens (including phenoxy) is 3. The standard InChI is InChI=1S/C23H22N2O6S/c1-4-11-31-18-10-9-15(12-19(18)30-3)13-20-22(27)25(23(28)32-20)14-21(26)24-16-7-5-6-8-17(16)29-2/h4-10,12-13H,1,11,14H2,2-3H3,(H,24,26)/b20-13+. The van der Waals surface area contributed by atoms with E-state index in [2.05, 4.69) is 11.9 Å². The molecule has 1 fully saturated rings. The normalized spacial score (nSPS) is 14.4. The third-order valence-corrected chi connectivity index (χ3v) is 5.31. The van der Waals surface area contributed by atoms with Crippen LogP contribution in [0.3, 0.4) is 0 Å². The highest BCUT2D eigenvalue weighted by Crippen LogP contribution is 2.34. The maximum absolute atomic E-state index is 12.7. The predicted octanol–water partition coefficient (Wildman–Crippen LogP) is 3.94. The SMILES string of the molecule is C=CCOc1ccc(/C=C2/SC(=O)N(CC(=O)Nc3ccccc3OC)C2=O)cc1OC. The fourth-order valence-electron chi connectivity index (χ4n) is 2.91. The van der Waals surface area contributed by atoms with Crippen molar-refractivity contribution < 1.29 is 28.6 Å². The molecule has 0 radical (unpaired) electrons. The lowest BCUT2D eigenvalue weighted by Gasteiger charge is -2.14.